The lowest BCUT2D eigenvalue weighted by Gasteiger charge is -2.32. The van der Waals surface area contributed by atoms with Gasteiger partial charge in [0.15, 0.2) is 0 Å². The van der Waals surface area contributed by atoms with E-state index in [0.717, 1.165) is 18.9 Å². The summed E-state index contributed by atoms with van der Waals surface area (Å²) in [5.74, 6) is 1.46. The molecule has 0 aromatic rings. The third kappa shape index (κ3) is 4.79. The summed E-state index contributed by atoms with van der Waals surface area (Å²) in [5.41, 5.74) is 0. The van der Waals surface area contributed by atoms with Crippen LogP contribution < -0.4 is 5.32 Å². The van der Waals surface area contributed by atoms with E-state index in [2.05, 4.69) is 10.2 Å². The lowest BCUT2D eigenvalue weighted by molar-refractivity contribution is -0.126. The Kier molecular flexibility index (Phi) is 6.15. The lowest BCUT2D eigenvalue weighted by Crippen LogP contribution is -2.42. The summed E-state index contributed by atoms with van der Waals surface area (Å²) < 4.78 is 0. The molecule has 19 heavy (non-hydrogen) atoms. The molecule has 1 heterocycles. The highest BCUT2D eigenvalue weighted by molar-refractivity contribution is 5.78. The zero-order chi connectivity index (χ0) is 13.5. The Morgan fingerprint density at radius 2 is 1.95 bits per heavy atom. The number of nitrogens with zero attached hydrogens (tertiary/aromatic N) is 1. The number of nitrogens with one attached hydrogen (secondary N) is 1. The number of hydrogen-bond donors (Lipinski definition) is 1. The van der Waals surface area contributed by atoms with Gasteiger partial charge in [-0.2, -0.15) is 0 Å². The van der Waals surface area contributed by atoms with Gasteiger partial charge in [0.1, 0.15) is 0 Å². The van der Waals surface area contributed by atoms with Crippen LogP contribution in [0, 0.1) is 11.8 Å². The van der Waals surface area contributed by atoms with Crippen molar-refractivity contribution in [1.82, 2.24) is 10.2 Å². The van der Waals surface area contributed by atoms with Gasteiger partial charge in [0.2, 0.25) is 5.91 Å². The number of likely N-dealkylation sites (tertiary alicyclic amines) is 1. The van der Waals surface area contributed by atoms with Crippen molar-refractivity contribution < 1.29 is 4.79 Å². The Hall–Kier alpha value is -0.570. The van der Waals surface area contributed by atoms with Crippen LogP contribution in [0.4, 0.5) is 0 Å². The zero-order valence-electron chi connectivity index (χ0n) is 12.5. The summed E-state index contributed by atoms with van der Waals surface area (Å²) in [6.07, 6.45) is 12.3. The zero-order valence-corrected chi connectivity index (χ0v) is 12.5. The highest BCUT2D eigenvalue weighted by Crippen LogP contribution is 2.27. The van der Waals surface area contributed by atoms with Gasteiger partial charge in [0.05, 0.1) is 5.92 Å². The van der Waals surface area contributed by atoms with Crippen LogP contribution in [0.5, 0.6) is 0 Å². The third-order valence-corrected chi connectivity index (χ3v) is 4.93. The van der Waals surface area contributed by atoms with Crippen molar-refractivity contribution in [2.75, 3.05) is 26.7 Å². The molecule has 1 atom stereocenters. The first-order valence-electron chi connectivity index (χ1n) is 8.23. The van der Waals surface area contributed by atoms with Gasteiger partial charge in [-0.15, -0.1) is 0 Å². The van der Waals surface area contributed by atoms with E-state index < -0.39 is 0 Å². The number of carbonyl (C=O) groups excluding carboxylic acids is 1. The molecule has 1 saturated carbocycles. The Morgan fingerprint density at radius 3 is 2.68 bits per heavy atom. The minimum atomic E-state index is 0.230. The van der Waals surface area contributed by atoms with E-state index in [0.29, 0.717) is 0 Å². The normalized spacial score (nSPS) is 26.3. The molecule has 3 nitrogen and oxygen atoms in total. The molecule has 3 heteroatoms. The monoisotopic (exact) mass is 266 g/mol. The van der Waals surface area contributed by atoms with E-state index in [-0.39, 0.29) is 11.8 Å². The SMILES string of the molecule is CNC(=O)[C@H]1CCCN(CCCC2CCCCC2)C1. The van der Waals surface area contributed by atoms with Gasteiger partial charge in [-0.1, -0.05) is 32.1 Å². The maximum atomic E-state index is 11.7. The molecular formula is C16H30N2O. The topological polar surface area (TPSA) is 32.3 Å². The third-order valence-electron chi connectivity index (χ3n) is 4.93. The largest absolute Gasteiger partial charge is 0.359 e. The second kappa shape index (κ2) is 7.88. The summed E-state index contributed by atoms with van der Waals surface area (Å²) in [6.45, 7) is 3.37. The molecule has 0 aromatic heterocycles. The maximum absolute atomic E-state index is 11.7. The van der Waals surface area contributed by atoms with Crippen LogP contribution in [0.1, 0.15) is 57.8 Å². The van der Waals surface area contributed by atoms with Crippen LogP contribution in [0.3, 0.4) is 0 Å². The number of rotatable bonds is 5. The summed E-state index contributed by atoms with van der Waals surface area (Å²) >= 11 is 0. The number of carbonyl (C=O) groups is 1. The minimum Gasteiger partial charge on any atom is -0.359 e. The molecule has 2 rings (SSSR count). The molecule has 2 aliphatic rings. The molecular weight excluding hydrogens is 236 g/mol. The molecule has 110 valence electrons. The molecule has 1 aliphatic heterocycles. The highest BCUT2D eigenvalue weighted by Gasteiger charge is 2.24. The second-order valence-corrected chi connectivity index (χ2v) is 6.40. The standard InChI is InChI=1S/C16H30N2O/c1-17-16(19)15-10-6-12-18(13-15)11-5-9-14-7-3-2-4-8-14/h14-15H,2-13H2,1H3,(H,17,19)/t15-/m0/s1. The van der Waals surface area contributed by atoms with E-state index in [9.17, 15) is 4.79 Å². The summed E-state index contributed by atoms with van der Waals surface area (Å²) in [4.78, 5) is 14.2. The number of piperidine rings is 1. The molecule has 1 saturated heterocycles. The van der Waals surface area contributed by atoms with Crippen molar-refractivity contribution >= 4 is 5.91 Å². The summed E-state index contributed by atoms with van der Waals surface area (Å²) in [6, 6.07) is 0. The Balaban J connectivity index is 1.63. The average Bonchev–Trinajstić information content (AvgIpc) is 2.48. The molecule has 2 fully saturated rings. The molecule has 0 spiro atoms. The average molecular weight is 266 g/mol. The smallest absolute Gasteiger partial charge is 0.224 e. The van der Waals surface area contributed by atoms with E-state index in [4.69, 9.17) is 0 Å². The molecule has 1 amide bonds. The van der Waals surface area contributed by atoms with E-state index in [1.54, 1.807) is 7.05 Å². The van der Waals surface area contributed by atoms with Gasteiger partial charge in [0, 0.05) is 13.6 Å². The van der Waals surface area contributed by atoms with Gasteiger partial charge in [0.25, 0.3) is 0 Å². The quantitative estimate of drug-likeness (QED) is 0.830. The Labute approximate surface area is 118 Å². The molecule has 1 aliphatic carbocycles. The van der Waals surface area contributed by atoms with Crippen LogP contribution in [0.25, 0.3) is 0 Å². The predicted octanol–water partition coefficient (Wildman–Crippen LogP) is 2.80. The van der Waals surface area contributed by atoms with Gasteiger partial charge in [-0.25, -0.2) is 0 Å². The Morgan fingerprint density at radius 1 is 1.16 bits per heavy atom. The molecule has 0 radical (unpaired) electrons. The number of hydrogen-bond acceptors (Lipinski definition) is 2. The fourth-order valence-electron chi connectivity index (χ4n) is 3.76. The fourth-order valence-corrected chi connectivity index (χ4v) is 3.76. The van der Waals surface area contributed by atoms with Crippen LogP contribution in [0.15, 0.2) is 0 Å². The maximum Gasteiger partial charge on any atom is 0.224 e. The van der Waals surface area contributed by atoms with Crippen LogP contribution >= 0.6 is 0 Å². The Bertz CT molecular complexity index is 274. The molecule has 1 N–H and O–H groups in total. The molecule has 0 unspecified atom stereocenters. The molecule has 0 bridgehead atoms. The fraction of sp³-hybridized carbons (Fsp3) is 0.938. The van der Waals surface area contributed by atoms with E-state index in [1.165, 1.54) is 64.5 Å². The summed E-state index contributed by atoms with van der Waals surface area (Å²) in [7, 11) is 1.75. The lowest BCUT2D eigenvalue weighted by atomic mass is 9.86. The van der Waals surface area contributed by atoms with Crippen molar-refractivity contribution in [3.63, 3.8) is 0 Å². The van der Waals surface area contributed by atoms with Crippen LogP contribution in [-0.4, -0.2) is 37.5 Å². The van der Waals surface area contributed by atoms with Crippen molar-refractivity contribution in [3.8, 4) is 0 Å². The van der Waals surface area contributed by atoms with Crippen molar-refractivity contribution in [2.24, 2.45) is 11.8 Å². The van der Waals surface area contributed by atoms with Gasteiger partial charge >= 0.3 is 0 Å². The molecule has 0 aromatic carbocycles. The first-order valence-corrected chi connectivity index (χ1v) is 8.23. The second-order valence-electron chi connectivity index (χ2n) is 6.40. The minimum absolute atomic E-state index is 0.230. The highest BCUT2D eigenvalue weighted by atomic mass is 16.1. The predicted molar refractivity (Wildman–Crippen MR) is 79.0 cm³/mol. The van der Waals surface area contributed by atoms with Gasteiger partial charge < -0.3 is 10.2 Å². The van der Waals surface area contributed by atoms with Crippen LogP contribution in [0.2, 0.25) is 0 Å². The first kappa shape index (κ1) is 14.8. The van der Waals surface area contributed by atoms with Gasteiger partial charge in [-0.05, 0) is 44.7 Å². The van der Waals surface area contributed by atoms with Crippen molar-refractivity contribution in [1.29, 1.82) is 0 Å². The van der Waals surface area contributed by atoms with E-state index in [1.807, 2.05) is 0 Å². The van der Waals surface area contributed by atoms with Crippen molar-refractivity contribution in [2.45, 2.75) is 57.8 Å². The van der Waals surface area contributed by atoms with Crippen LogP contribution in [-0.2, 0) is 4.79 Å². The number of amides is 1. The van der Waals surface area contributed by atoms with Crippen molar-refractivity contribution in [3.05, 3.63) is 0 Å². The van der Waals surface area contributed by atoms with E-state index >= 15 is 0 Å². The first-order chi connectivity index (χ1) is 9.29. The van der Waals surface area contributed by atoms with Gasteiger partial charge in [-0.3, -0.25) is 4.79 Å². The summed E-state index contributed by atoms with van der Waals surface area (Å²) in [5, 5.41) is 2.80.